The molecule has 0 unspecified atom stereocenters. The molecule has 1 aromatic rings. The summed E-state index contributed by atoms with van der Waals surface area (Å²) >= 11 is 0. The highest BCUT2D eigenvalue weighted by molar-refractivity contribution is 5.86. The molecule has 1 aliphatic heterocycles. The Morgan fingerprint density at radius 3 is 2.71 bits per heavy atom. The maximum atomic E-state index is 10.7. The van der Waals surface area contributed by atoms with Crippen LogP contribution < -0.4 is 9.47 Å². The number of ether oxygens (including phenoxy) is 2. The number of carboxylic acids is 1. The summed E-state index contributed by atoms with van der Waals surface area (Å²) in [6, 6.07) is 5.46. The van der Waals surface area contributed by atoms with Crippen LogP contribution >= 0.6 is 0 Å². The predicted molar refractivity (Wildman–Crippen MR) is 62.5 cm³/mol. The first-order valence-corrected chi connectivity index (χ1v) is 5.46. The smallest absolute Gasteiger partial charge is 0.331 e. The first kappa shape index (κ1) is 11.5. The van der Waals surface area contributed by atoms with Crippen LogP contribution in [-0.4, -0.2) is 24.3 Å². The second-order valence-electron chi connectivity index (χ2n) is 3.92. The van der Waals surface area contributed by atoms with Crippen molar-refractivity contribution in [3.63, 3.8) is 0 Å². The van der Waals surface area contributed by atoms with Gasteiger partial charge in [0.05, 0.1) is 13.2 Å². The number of hydrogen-bond acceptors (Lipinski definition) is 3. The van der Waals surface area contributed by atoms with Crippen LogP contribution in [0.1, 0.15) is 12.0 Å². The number of carbonyl (C=O) groups is 1. The fourth-order valence-electron chi connectivity index (χ4n) is 1.64. The maximum Gasteiger partial charge on any atom is 0.331 e. The Morgan fingerprint density at radius 1 is 1.29 bits per heavy atom. The summed E-state index contributed by atoms with van der Waals surface area (Å²) < 4.78 is 11.0. The van der Waals surface area contributed by atoms with E-state index in [1.807, 2.05) is 18.2 Å². The highest BCUT2D eigenvalue weighted by Crippen LogP contribution is 2.30. The van der Waals surface area contributed by atoms with E-state index in [1.54, 1.807) is 0 Å². The van der Waals surface area contributed by atoms with Gasteiger partial charge < -0.3 is 14.6 Å². The Labute approximate surface area is 99.5 Å². The zero-order chi connectivity index (χ0) is 12.3. The van der Waals surface area contributed by atoms with Crippen LogP contribution in [0.5, 0.6) is 11.5 Å². The molecule has 0 fully saturated rings. The molecule has 17 heavy (non-hydrogen) atoms. The standard InChI is InChI=1S/C13H14O4/c1-9(13(14)15)7-10-3-4-11-12(8-10)17-6-2-5-16-11/h3-4,8H,1-2,5-7H2,(H,14,15). The number of aliphatic carboxylic acids is 1. The van der Waals surface area contributed by atoms with Crippen LogP contribution in [-0.2, 0) is 11.2 Å². The van der Waals surface area contributed by atoms with E-state index in [0.717, 1.165) is 12.0 Å². The molecule has 0 bridgehead atoms. The molecule has 0 aromatic heterocycles. The Bertz CT molecular complexity index is 451. The lowest BCUT2D eigenvalue weighted by Gasteiger charge is -2.09. The van der Waals surface area contributed by atoms with Gasteiger partial charge in [-0.1, -0.05) is 12.6 Å². The van der Waals surface area contributed by atoms with Crippen molar-refractivity contribution in [2.75, 3.05) is 13.2 Å². The fraction of sp³-hybridized carbons (Fsp3) is 0.308. The van der Waals surface area contributed by atoms with E-state index in [0.29, 0.717) is 31.1 Å². The van der Waals surface area contributed by atoms with Gasteiger partial charge in [0.1, 0.15) is 0 Å². The van der Waals surface area contributed by atoms with Crippen molar-refractivity contribution >= 4 is 5.97 Å². The second kappa shape index (κ2) is 4.91. The summed E-state index contributed by atoms with van der Waals surface area (Å²) in [6.07, 6.45) is 1.16. The van der Waals surface area contributed by atoms with Crippen molar-refractivity contribution in [3.8, 4) is 11.5 Å². The van der Waals surface area contributed by atoms with Crippen molar-refractivity contribution in [3.05, 3.63) is 35.9 Å². The highest BCUT2D eigenvalue weighted by atomic mass is 16.5. The number of benzene rings is 1. The van der Waals surface area contributed by atoms with E-state index < -0.39 is 5.97 Å². The van der Waals surface area contributed by atoms with Crippen molar-refractivity contribution in [2.45, 2.75) is 12.8 Å². The Hall–Kier alpha value is -1.97. The topological polar surface area (TPSA) is 55.8 Å². The predicted octanol–water partition coefficient (Wildman–Crippen LogP) is 2.03. The lowest BCUT2D eigenvalue weighted by Crippen LogP contribution is -2.02. The van der Waals surface area contributed by atoms with E-state index in [2.05, 4.69) is 6.58 Å². The maximum absolute atomic E-state index is 10.7. The molecule has 0 amide bonds. The molecule has 1 N–H and O–H groups in total. The van der Waals surface area contributed by atoms with E-state index in [9.17, 15) is 4.79 Å². The van der Waals surface area contributed by atoms with E-state index in [4.69, 9.17) is 14.6 Å². The molecule has 1 heterocycles. The van der Waals surface area contributed by atoms with E-state index >= 15 is 0 Å². The molecular formula is C13H14O4. The SMILES string of the molecule is C=C(Cc1ccc2c(c1)OCCCO2)C(=O)O. The summed E-state index contributed by atoms with van der Waals surface area (Å²) in [6.45, 7) is 4.78. The monoisotopic (exact) mass is 234 g/mol. The minimum atomic E-state index is -0.975. The van der Waals surface area contributed by atoms with Crippen LogP contribution in [0, 0.1) is 0 Å². The Balaban J connectivity index is 2.18. The summed E-state index contributed by atoms with van der Waals surface area (Å²) in [5.41, 5.74) is 1.03. The molecule has 1 aliphatic rings. The van der Waals surface area contributed by atoms with Gasteiger partial charge in [-0.05, 0) is 17.7 Å². The minimum absolute atomic E-state index is 0.166. The molecule has 4 nitrogen and oxygen atoms in total. The lowest BCUT2D eigenvalue weighted by atomic mass is 10.1. The highest BCUT2D eigenvalue weighted by Gasteiger charge is 2.12. The van der Waals surface area contributed by atoms with Crippen LogP contribution in [0.15, 0.2) is 30.4 Å². The normalized spacial score (nSPS) is 13.9. The van der Waals surface area contributed by atoms with Crippen LogP contribution in [0.4, 0.5) is 0 Å². The summed E-state index contributed by atoms with van der Waals surface area (Å²) in [5.74, 6) is 0.419. The zero-order valence-corrected chi connectivity index (χ0v) is 9.44. The average molecular weight is 234 g/mol. The van der Waals surface area contributed by atoms with Gasteiger partial charge in [-0.25, -0.2) is 4.79 Å². The molecule has 0 saturated carbocycles. The zero-order valence-electron chi connectivity index (χ0n) is 9.44. The summed E-state index contributed by atoms with van der Waals surface area (Å²) in [5, 5.41) is 8.77. The number of carboxylic acid groups (broad SMARTS) is 1. The number of rotatable bonds is 3. The molecule has 2 rings (SSSR count). The molecule has 0 saturated heterocycles. The first-order valence-electron chi connectivity index (χ1n) is 5.46. The van der Waals surface area contributed by atoms with Crippen molar-refractivity contribution in [2.24, 2.45) is 0 Å². The molecule has 0 spiro atoms. The largest absolute Gasteiger partial charge is 0.490 e. The van der Waals surface area contributed by atoms with E-state index in [1.165, 1.54) is 0 Å². The van der Waals surface area contributed by atoms with Crippen molar-refractivity contribution < 1.29 is 19.4 Å². The molecular weight excluding hydrogens is 220 g/mol. The summed E-state index contributed by atoms with van der Waals surface area (Å²) in [4.78, 5) is 10.7. The second-order valence-corrected chi connectivity index (χ2v) is 3.92. The third kappa shape index (κ3) is 2.78. The van der Waals surface area contributed by atoms with Gasteiger partial charge in [0.2, 0.25) is 0 Å². The third-order valence-corrected chi connectivity index (χ3v) is 2.53. The van der Waals surface area contributed by atoms with Gasteiger partial charge in [-0.15, -0.1) is 0 Å². The molecule has 0 aliphatic carbocycles. The Morgan fingerprint density at radius 2 is 2.00 bits per heavy atom. The third-order valence-electron chi connectivity index (χ3n) is 2.53. The van der Waals surface area contributed by atoms with Crippen LogP contribution in [0.25, 0.3) is 0 Å². The number of hydrogen-bond donors (Lipinski definition) is 1. The van der Waals surface area contributed by atoms with Crippen molar-refractivity contribution in [1.82, 2.24) is 0 Å². The minimum Gasteiger partial charge on any atom is -0.490 e. The van der Waals surface area contributed by atoms with Gasteiger partial charge in [-0.3, -0.25) is 0 Å². The lowest BCUT2D eigenvalue weighted by molar-refractivity contribution is -0.132. The van der Waals surface area contributed by atoms with E-state index in [-0.39, 0.29) is 5.57 Å². The van der Waals surface area contributed by atoms with Gasteiger partial charge in [0.25, 0.3) is 0 Å². The molecule has 0 radical (unpaired) electrons. The first-order chi connectivity index (χ1) is 8.16. The fourth-order valence-corrected chi connectivity index (χ4v) is 1.64. The van der Waals surface area contributed by atoms with Gasteiger partial charge >= 0.3 is 5.97 Å². The molecule has 90 valence electrons. The molecule has 1 aromatic carbocycles. The molecule has 4 heteroatoms. The van der Waals surface area contributed by atoms with Crippen LogP contribution in [0.3, 0.4) is 0 Å². The van der Waals surface area contributed by atoms with Gasteiger partial charge in [0, 0.05) is 18.4 Å². The summed E-state index contributed by atoms with van der Waals surface area (Å²) in [7, 11) is 0. The van der Waals surface area contributed by atoms with Crippen LogP contribution in [0.2, 0.25) is 0 Å². The van der Waals surface area contributed by atoms with Gasteiger partial charge in [0.15, 0.2) is 11.5 Å². The average Bonchev–Trinajstić information content (AvgIpc) is 2.53. The van der Waals surface area contributed by atoms with Crippen molar-refractivity contribution in [1.29, 1.82) is 0 Å². The number of fused-ring (bicyclic) bond motifs is 1. The quantitative estimate of drug-likeness (QED) is 0.813. The van der Waals surface area contributed by atoms with Gasteiger partial charge in [-0.2, -0.15) is 0 Å². The Kier molecular flexibility index (Phi) is 3.32. The molecule has 0 atom stereocenters.